The van der Waals surface area contributed by atoms with E-state index in [1.807, 2.05) is 20.8 Å². The van der Waals surface area contributed by atoms with E-state index in [-0.39, 0.29) is 24.2 Å². The van der Waals surface area contributed by atoms with Crippen molar-refractivity contribution < 1.29 is 18.0 Å². The van der Waals surface area contributed by atoms with Crippen molar-refractivity contribution in [2.45, 2.75) is 39.4 Å². The monoisotopic (exact) mass is 364 g/mol. The Morgan fingerprint density at radius 1 is 1.29 bits per heavy atom. The van der Waals surface area contributed by atoms with Crippen molar-refractivity contribution >= 4 is 18.3 Å². The van der Waals surface area contributed by atoms with Gasteiger partial charge in [-0.05, 0) is 36.1 Å². The van der Waals surface area contributed by atoms with Gasteiger partial charge < -0.3 is 10.6 Å². The second-order valence-corrected chi connectivity index (χ2v) is 7.12. The maximum atomic E-state index is 12.9. The SMILES string of the molecule is CC(C)(C)C(NC(=O)C1CCNC1)c1cccc(C(F)(F)F)c1.Cl. The topological polar surface area (TPSA) is 41.1 Å². The Labute approximate surface area is 146 Å². The smallest absolute Gasteiger partial charge is 0.348 e. The van der Waals surface area contributed by atoms with Gasteiger partial charge in [0.05, 0.1) is 17.5 Å². The highest BCUT2D eigenvalue weighted by atomic mass is 35.5. The lowest BCUT2D eigenvalue weighted by atomic mass is 9.81. The van der Waals surface area contributed by atoms with Crippen molar-refractivity contribution in [3.63, 3.8) is 0 Å². The molecule has 1 aromatic carbocycles. The summed E-state index contributed by atoms with van der Waals surface area (Å²) in [5, 5.41) is 6.07. The third-order valence-corrected chi connectivity index (χ3v) is 4.13. The number of alkyl halides is 3. The van der Waals surface area contributed by atoms with Gasteiger partial charge >= 0.3 is 6.18 Å². The molecule has 0 bridgehead atoms. The van der Waals surface area contributed by atoms with Gasteiger partial charge in [0.1, 0.15) is 0 Å². The van der Waals surface area contributed by atoms with E-state index in [0.717, 1.165) is 25.1 Å². The summed E-state index contributed by atoms with van der Waals surface area (Å²) in [6.45, 7) is 7.13. The molecule has 24 heavy (non-hydrogen) atoms. The van der Waals surface area contributed by atoms with Gasteiger partial charge in [-0.2, -0.15) is 13.2 Å². The average Bonchev–Trinajstić information content (AvgIpc) is 2.96. The van der Waals surface area contributed by atoms with Crippen LogP contribution in [0.4, 0.5) is 13.2 Å². The number of rotatable bonds is 3. The van der Waals surface area contributed by atoms with Crippen molar-refractivity contribution in [3.05, 3.63) is 35.4 Å². The minimum atomic E-state index is -4.39. The quantitative estimate of drug-likeness (QED) is 0.853. The van der Waals surface area contributed by atoms with Crippen LogP contribution in [0, 0.1) is 11.3 Å². The number of hydrogen-bond acceptors (Lipinski definition) is 2. The van der Waals surface area contributed by atoms with E-state index in [9.17, 15) is 18.0 Å². The second kappa shape index (κ2) is 7.74. The molecule has 1 fully saturated rings. The third kappa shape index (κ3) is 5.11. The first-order valence-corrected chi connectivity index (χ1v) is 7.77. The van der Waals surface area contributed by atoms with E-state index in [4.69, 9.17) is 0 Å². The van der Waals surface area contributed by atoms with E-state index in [0.29, 0.717) is 12.1 Å². The third-order valence-electron chi connectivity index (χ3n) is 4.13. The molecule has 1 saturated heterocycles. The van der Waals surface area contributed by atoms with Crippen LogP contribution >= 0.6 is 12.4 Å². The van der Waals surface area contributed by atoms with Crippen LogP contribution in [-0.4, -0.2) is 19.0 Å². The Morgan fingerprint density at radius 3 is 2.46 bits per heavy atom. The molecule has 1 amide bonds. The van der Waals surface area contributed by atoms with E-state index >= 15 is 0 Å². The standard InChI is InChI=1S/C17H23F3N2O.ClH/c1-16(2,3)14(22-15(23)12-7-8-21-10-12)11-5-4-6-13(9-11)17(18,19)20;/h4-6,9,12,14,21H,7-8,10H2,1-3H3,(H,22,23);1H. The molecule has 2 unspecified atom stereocenters. The Hall–Kier alpha value is -1.27. The maximum absolute atomic E-state index is 12.9. The number of nitrogens with one attached hydrogen (secondary N) is 2. The minimum absolute atomic E-state index is 0. The van der Waals surface area contributed by atoms with Crippen LogP contribution in [0.5, 0.6) is 0 Å². The fourth-order valence-electron chi connectivity index (χ4n) is 2.83. The van der Waals surface area contributed by atoms with Crippen LogP contribution in [0.2, 0.25) is 0 Å². The Morgan fingerprint density at radius 2 is 1.96 bits per heavy atom. The molecule has 0 radical (unpaired) electrons. The van der Waals surface area contributed by atoms with Gasteiger partial charge in [-0.15, -0.1) is 12.4 Å². The van der Waals surface area contributed by atoms with E-state index in [1.165, 1.54) is 6.07 Å². The lowest BCUT2D eigenvalue weighted by Crippen LogP contribution is -2.40. The summed E-state index contributed by atoms with van der Waals surface area (Å²) in [6.07, 6.45) is -3.64. The predicted octanol–water partition coefficient (Wildman–Crippen LogP) is 3.94. The second-order valence-electron chi connectivity index (χ2n) is 7.12. The molecule has 7 heteroatoms. The van der Waals surface area contributed by atoms with Gasteiger partial charge in [-0.3, -0.25) is 4.79 Å². The highest BCUT2D eigenvalue weighted by molar-refractivity contribution is 5.85. The zero-order valence-electron chi connectivity index (χ0n) is 14.0. The molecule has 2 N–H and O–H groups in total. The molecule has 0 aliphatic carbocycles. The summed E-state index contributed by atoms with van der Waals surface area (Å²) in [5.41, 5.74) is -0.612. The normalized spacial score (nSPS) is 19.5. The summed E-state index contributed by atoms with van der Waals surface area (Å²) in [4.78, 5) is 12.4. The highest BCUT2D eigenvalue weighted by Crippen LogP contribution is 2.36. The molecular formula is C17H24ClF3N2O. The van der Waals surface area contributed by atoms with Gasteiger partial charge in [0.25, 0.3) is 0 Å². The first-order chi connectivity index (χ1) is 10.6. The molecule has 0 saturated carbocycles. The van der Waals surface area contributed by atoms with Crippen molar-refractivity contribution in [2.24, 2.45) is 11.3 Å². The van der Waals surface area contributed by atoms with Crippen molar-refractivity contribution in [1.82, 2.24) is 10.6 Å². The summed E-state index contributed by atoms with van der Waals surface area (Å²) in [7, 11) is 0. The molecule has 2 rings (SSSR count). The first-order valence-electron chi connectivity index (χ1n) is 7.77. The van der Waals surface area contributed by atoms with Crippen molar-refractivity contribution in [3.8, 4) is 0 Å². The molecule has 136 valence electrons. The van der Waals surface area contributed by atoms with Crippen molar-refractivity contribution in [1.29, 1.82) is 0 Å². The van der Waals surface area contributed by atoms with Crippen LogP contribution in [0.25, 0.3) is 0 Å². The van der Waals surface area contributed by atoms with Gasteiger partial charge in [-0.1, -0.05) is 32.9 Å². The fraction of sp³-hybridized carbons (Fsp3) is 0.588. The van der Waals surface area contributed by atoms with Crippen LogP contribution in [0.15, 0.2) is 24.3 Å². The molecule has 1 aromatic rings. The van der Waals surface area contributed by atoms with Crippen LogP contribution in [0.3, 0.4) is 0 Å². The summed E-state index contributed by atoms with van der Waals surface area (Å²) in [6, 6.07) is 4.73. The molecule has 3 nitrogen and oxygen atoms in total. The summed E-state index contributed by atoms with van der Waals surface area (Å²) in [5.74, 6) is -0.224. The van der Waals surface area contributed by atoms with E-state index in [2.05, 4.69) is 10.6 Å². The molecule has 1 heterocycles. The fourth-order valence-corrected chi connectivity index (χ4v) is 2.83. The Balaban J connectivity index is 0.00000288. The predicted molar refractivity (Wildman–Crippen MR) is 90.0 cm³/mol. The summed E-state index contributed by atoms with van der Waals surface area (Å²) >= 11 is 0. The van der Waals surface area contributed by atoms with Crippen LogP contribution < -0.4 is 10.6 Å². The number of benzene rings is 1. The largest absolute Gasteiger partial charge is 0.416 e. The minimum Gasteiger partial charge on any atom is -0.348 e. The van der Waals surface area contributed by atoms with Crippen molar-refractivity contribution in [2.75, 3.05) is 13.1 Å². The van der Waals surface area contributed by atoms with Crippen LogP contribution in [-0.2, 0) is 11.0 Å². The molecule has 1 aliphatic heterocycles. The Kier molecular flexibility index (Phi) is 6.70. The lowest BCUT2D eigenvalue weighted by molar-refractivity contribution is -0.137. The summed E-state index contributed by atoms with van der Waals surface area (Å²) < 4.78 is 38.8. The number of halogens is 4. The van der Waals surface area contributed by atoms with Gasteiger partial charge in [0.2, 0.25) is 5.91 Å². The maximum Gasteiger partial charge on any atom is 0.416 e. The van der Waals surface area contributed by atoms with Gasteiger partial charge in [0.15, 0.2) is 0 Å². The zero-order valence-corrected chi connectivity index (χ0v) is 14.9. The van der Waals surface area contributed by atoms with Gasteiger partial charge in [-0.25, -0.2) is 0 Å². The average molecular weight is 365 g/mol. The molecule has 2 atom stereocenters. The highest BCUT2D eigenvalue weighted by Gasteiger charge is 2.34. The van der Waals surface area contributed by atoms with E-state index < -0.39 is 23.2 Å². The molecular weight excluding hydrogens is 341 g/mol. The lowest BCUT2D eigenvalue weighted by Gasteiger charge is -2.33. The number of hydrogen-bond donors (Lipinski definition) is 2. The van der Waals surface area contributed by atoms with E-state index in [1.54, 1.807) is 6.07 Å². The Bertz CT molecular complexity index is 564. The number of amides is 1. The molecule has 0 aromatic heterocycles. The van der Waals surface area contributed by atoms with Gasteiger partial charge in [0, 0.05) is 6.54 Å². The molecule has 0 spiro atoms. The zero-order chi connectivity index (χ0) is 17.3. The number of carbonyl (C=O) groups is 1. The number of carbonyl (C=O) groups excluding carboxylic acids is 1. The first kappa shape index (κ1) is 20.8. The molecule has 1 aliphatic rings. The van der Waals surface area contributed by atoms with Crippen LogP contribution in [0.1, 0.15) is 44.4 Å².